The Bertz CT molecular complexity index is 833. The monoisotopic (exact) mass is 433 g/mol. The third kappa shape index (κ3) is 6.40. The van der Waals surface area contributed by atoms with E-state index in [-0.39, 0.29) is 5.82 Å². The summed E-state index contributed by atoms with van der Waals surface area (Å²) in [4.78, 5) is 12.8. The van der Waals surface area contributed by atoms with Gasteiger partial charge in [-0.2, -0.15) is 0 Å². The molecule has 1 aromatic carbocycles. The van der Waals surface area contributed by atoms with Crippen LogP contribution in [0.15, 0.2) is 29.4 Å². The molecule has 0 bridgehead atoms. The minimum Gasteiger partial charge on any atom is -0.494 e. The molecule has 0 unspecified atom stereocenters. The van der Waals surface area contributed by atoms with Crippen LogP contribution in [-0.4, -0.2) is 48.6 Å². The molecule has 1 aromatic heterocycles. The van der Waals surface area contributed by atoms with Crippen LogP contribution in [0, 0.1) is 5.82 Å². The normalized spacial score (nSPS) is 15.9. The van der Waals surface area contributed by atoms with Gasteiger partial charge in [0.1, 0.15) is 5.01 Å². The van der Waals surface area contributed by atoms with Gasteiger partial charge in [0.2, 0.25) is 0 Å². The van der Waals surface area contributed by atoms with E-state index in [1.165, 1.54) is 12.0 Å². The number of thiazole rings is 1. The predicted octanol–water partition coefficient (Wildman–Crippen LogP) is 3.57. The second-order valence-electron chi connectivity index (χ2n) is 7.43. The third-order valence-corrected chi connectivity index (χ3v) is 6.34. The fourth-order valence-corrected chi connectivity index (χ4v) is 4.33. The summed E-state index contributed by atoms with van der Waals surface area (Å²) >= 11 is 1.73. The van der Waals surface area contributed by atoms with Gasteiger partial charge < -0.3 is 15.4 Å². The Morgan fingerprint density at radius 2 is 2.13 bits per heavy atom. The number of piperidine rings is 1. The molecule has 1 aliphatic rings. The number of nitrogens with one attached hydrogen (secondary N) is 2. The minimum absolute atomic E-state index is 0.292. The van der Waals surface area contributed by atoms with Crippen molar-refractivity contribution in [1.82, 2.24) is 20.5 Å². The minimum atomic E-state index is -0.302. The molecule has 0 radical (unpaired) electrons. The maximum atomic E-state index is 13.9. The Morgan fingerprint density at radius 3 is 2.77 bits per heavy atom. The highest BCUT2D eigenvalue weighted by Gasteiger charge is 2.20. The number of nitrogens with zero attached hydrogens (tertiary/aromatic N) is 3. The van der Waals surface area contributed by atoms with Gasteiger partial charge in [-0.05, 0) is 43.9 Å². The van der Waals surface area contributed by atoms with Crippen molar-refractivity contribution >= 4 is 17.3 Å². The number of rotatable bonds is 8. The Balaban J connectivity index is 1.49. The highest BCUT2D eigenvalue weighted by molar-refractivity contribution is 7.11. The standard InChI is InChI=1S/C22H32FN5OS/c1-4-18-13-25-21(30-18)14-26-22(24-5-2)27-17-8-10-28(11-9-17)15-16-6-7-20(29-3)19(23)12-16/h6-7,12-13,17H,4-5,8-11,14-15H2,1-3H3,(H2,24,26,27). The molecule has 1 saturated heterocycles. The molecule has 30 heavy (non-hydrogen) atoms. The first-order valence-electron chi connectivity index (χ1n) is 10.6. The van der Waals surface area contributed by atoms with Crippen molar-refractivity contribution in [2.45, 2.75) is 52.2 Å². The van der Waals surface area contributed by atoms with Gasteiger partial charge in [-0.1, -0.05) is 13.0 Å². The molecule has 1 aliphatic heterocycles. The highest BCUT2D eigenvalue weighted by atomic mass is 32.1. The number of hydrogen-bond acceptors (Lipinski definition) is 5. The van der Waals surface area contributed by atoms with Gasteiger partial charge in [0.05, 0.1) is 13.7 Å². The first kappa shape index (κ1) is 22.5. The van der Waals surface area contributed by atoms with E-state index < -0.39 is 0 Å². The van der Waals surface area contributed by atoms with Crippen molar-refractivity contribution in [2.24, 2.45) is 4.99 Å². The van der Waals surface area contributed by atoms with Gasteiger partial charge in [-0.15, -0.1) is 11.3 Å². The maximum absolute atomic E-state index is 13.9. The molecule has 1 fully saturated rings. The number of aromatic nitrogens is 1. The fourth-order valence-electron chi connectivity index (χ4n) is 3.55. The van der Waals surface area contributed by atoms with E-state index >= 15 is 0 Å². The number of hydrogen-bond donors (Lipinski definition) is 2. The zero-order valence-electron chi connectivity index (χ0n) is 18.1. The lowest BCUT2D eigenvalue weighted by Gasteiger charge is -2.33. The first-order valence-corrected chi connectivity index (χ1v) is 11.5. The number of methoxy groups -OCH3 is 1. The number of aryl methyl sites for hydroxylation is 1. The average molecular weight is 434 g/mol. The molecule has 0 amide bonds. The Kier molecular flexibility index (Phi) is 8.45. The van der Waals surface area contributed by atoms with Gasteiger partial charge in [-0.25, -0.2) is 14.4 Å². The van der Waals surface area contributed by atoms with Crippen LogP contribution in [0.1, 0.15) is 42.1 Å². The zero-order valence-corrected chi connectivity index (χ0v) is 18.9. The molecule has 2 N–H and O–H groups in total. The van der Waals surface area contributed by atoms with Crippen LogP contribution in [0.4, 0.5) is 4.39 Å². The molecule has 0 atom stereocenters. The summed E-state index contributed by atoms with van der Waals surface area (Å²) in [5.41, 5.74) is 0.976. The lowest BCUT2D eigenvalue weighted by atomic mass is 10.0. The molecule has 0 spiro atoms. The lowest BCUT2D eigenvalue weighted by molar-refractivity contribution is 0.198. The summed E-state index contributed by atoms with van der Waals surface area (Å²) in [5, 5.41) is 7.95. The number of ether oxygens (including phenoxy) is 1. The molecule has 6 nitrogen and oxygen atoms in total. The van der Waals surface area contributed by atoms with Crippen LogP contribution in [0.2, 0.25) is 0 Å². The van der Waals surface area contributed by atoms with E-state index in [1.54, 1.807) is 23.5 Å². The highest BCUT2D eigenvalue weighted by Crippen LogP contribution is 2.20. The second kappa shape index (κ2) is 11.3. The van der Waals surface area contributed by atoms with Gasteiger partial charge in [0.25, 0.3) is 0 Å². The van der Waals surface area contributed by atoms with Crippen molar-refractivity contribution in [2.75, 3.05) is 26.7 Å². The summed E-state index contributed by atoms with van der Waals surface area (Å²) in [6.45, 7) is 8.34. The Hall–Kier alpha value is -2.19. The quantitative estimate of drug-likeness (QED) is 0.492. The summed E-state index contributed by atoms with van der Waals surface area (Å²) in [7, 11) is 1.49. The van der Waals surface area contributed by atoms with Crippen molar-refractivity contribution in [3.8, 4) is 5.75 Å². The van der Waals surface area contributed by atoms with E-state index in [1.807, 2.05) is 12.3 Å². The molecule has 0 aliphatic carbocycles. The Morgan fingerprint density at radius 1 is 1.33 bits per heavy atom. The van der Waals surface area contributed by atoms with Crippen molar-refractivity contribution in [3.05, 3.63) is 45.7 Å². The largest absolute Gasteiger partial charge is 0.494 e. The second-order valence-corrected chi connectivity index (χ2v) is 8.63. The molecule has 164 valence electrons. The molecular formula is C22H32FN5OS. The molecule has 2 aromatic rings. The molecule has 3 rings (SSSR count). The molecular weight excluding hydrogens is 401 g/mol. The SMILES string of the molecule is CCNC(=NCc1ncc(CC)s1)NC1CCN(Cc2ccc(OC)c(F)c2)CC1. The molecule has 0 saturated carbocycles. The molecule has 2 heterocycles. The van der Waals surface area contributed by atoms with Crippen molar-refractivity contribution < 1.29 is 9.13 Å². The van der Waals surface area contributed by atoms with Crippen LogP contribution in [0.3, 0.4) is 0 Å². The average Bonchev–Trinajstić information content (AvgIpc) is 3.22. The summed E-state index contributed by atoms with van der Waals surface area (Å²) in [6.07, 6.45) is 5.02. The van der Waals surface area contributed by atoms with Crippen LogP contribution in [-0.2, 0) is 19.5 Å². The predicted molar refractivity (Wildman–Crippen MR) is 121 cm³/mol. The van der Waals surface area contributed by atoms with Crippen LogP contribution < -0.4 is 15.4 Å². The Labute approximate surface area is 182 Å². The lowest BCUT2D eigenvalue weighted by Crippen LogP contribution is -2.48. The number of halogens is 1. The van der Waals surface area contributed by atoms with Crippen molar-refractivity contribution in [1.29, 1.82) is 0 Å². The van der Waals surface area contributed by atoms with Crippen molar-refractivity contribution in [3.63, 3.8) is 0 Å². The number of likely N-dealkylation sites (tertiary alicyclic amines) is 1. The zero-order chi connectivity index (χ0) is 21.3. The van der Waals surface area contributed by atoms with Crippen LogP contribution in [0.25, 0.3) is 0 Å². The van der Waals surface area contributed by atoms with E-state index in [4.69, 9.17) is 9.73 Å². The smallest absolute Gasteiger partial charge is 0.191 e. The van der Waals surface area contributed by atoms with Gasteiger partial charge >= 0.3 is 0 Å². The summed E-state index contributed by atoms with van der Waals surface area (Å²) in [5.74, 6) is 0.839. The van der Waals surface area contributed by atoms with Crippen LogP contribution in [0.5, 0.6) is 5.75 Å². The van der Waals surface area contributed by atoms with Gasteiger partial charge in [0, 0.05) is 43.3 Å². The number of aliphatic imine (C=N–C) groups is 1. The maximum Gasteiger partial charge on any atom is 0.191 e. The van der Waals surface area contributed by atoms with E-state index in [0.717, 1.165) is 62.0 Å². The van der Waals surface area contributed by atoms with Gasteiger partial charge in [-0.3, -0.25) is 4.90 Å². The topological polar surface area (TPSA) is 61.8 Å². The number of guanidine groups is 1. The number of benzene rings is 1. The summed E-state index contributed by atoms with van der Waals surface area (Å²) in [6, 6.07) is 5.59. The van der Waals surface area contributed by atoms with E-state index in [0.29, 0.717) is 18.3 Å². The first-order chi connectivity index (χ1) is 14.6. The van der Waals surface area contributed by atoms with Crippen LogP contribution >= 0.6 is 11.3 Å². The fraction of sp³-hybridized carbons (Fsp3) is 0.545. The molecule has 8 heteroatoms. The third-order valence-electron chi connectivity index (χ3n) is 5.22. The van der Waals surface area contributed by atoms with Gasteiger partial charge in [0.15, 0.2) is 17.5 Å². The van der Waals surface area contributed by atoms with E-state index in [2.05, 4.69) is 34.4 Å². The van der Waals surface area contributed by atoms with E-state index in [9.17, 15) is 4.39 Å². The summed E-state index contributed by atoms with van der Waals surface area (Å²) < 4.78 is 18.9.